The Morgan fingerprint density at radius 1 is 0.590 bits per heavy atom. The predicted molar refractivity (Wildman–Crippen MR) is 247 cm³/mol. The van der Waals surface area contributed by atoms with Gasteiger partial charge in [0.1, 0.15) is 11.6 Å². The number of carbonyl (C=O) groups excluding carboxylic acids is 2. The molecule has 0 radical (unpaired) electrons. The van der Waals surface area contributed by atoms with Gasteiger partial charge in [0.15, 0.2) is 0 Å². The largest absolute Gasteiger partial charge is 0.378 e. The molecule has 6 aromatic carbocycles. The van der Waals surface area contributed by atoms with Crippen LogP contribution in [0.5, 0.6) is 0 Å². The number of hydrogen-bond acceptors (Lipinski definition) is 6. The molecule has 4 aromatic heterocycles. The summed E-state index contributed by atoms with van der Waals surface area (Å²) in [6.45, 7) is 0.662. The lowest BCUT2D eigenvalue weighted by molar-refractivity contribution is 0.101. The van der Waals surface area contributed by atoms with Crippen LogP contribution in [0.1, 0.15) is 26.4 Å². The van der Waals surface area contributed by atoms with E-state index in [1.165, 1.54) is 0 Å². The van der Waals surface area contributed by atoms with Gasteiger partial charge in [0.05, 0.1) is 28.6 Å². The zero-order valence-electron chi connectivity index (χ0n) is 34.0. The maximum Gasteiger partial charge on any atom is 0.255 e. The van der Waals surface area contributed by atoms with Crippen LogP contribution in [0, 0.1) is 0 Å². The minimum atomic E-state index is -0.190. The molecule has 2 amide bonds. The Balaban J connectivity index is 0.793. The molecule has 12 nitrogen and oxygen atoms in total. The zero-order valence-corrected chi connectivity index (χ0v) is 34.0. The van der Waals surface area contributed by atoms with Gasteiger partial charge in [-0.2, -0.15) is 0 Å². The van der Waals surface area contributed by atoms with Crippen molar-refractivity contribution in [3.05, 3.63) is 156 Å². The molecule has 4 heterocycles. The maximum absolute atomic E-state index is 13.3. The van der Waals surface area contributed by atoms with Crippen molar-refractivity contribution < 1.29 is 9.59 Å². The van der Waals surface area contributed by atoms with Gasteiger partial charge in [-0.05, 0) is 120 Å². The number of benzene rings is 6. The summed E-state index contributed by atoms with van der Waals surface area (Å²) in [5.41, 5.74) is 13.1. The third-order valence-electron chi connectivity index (χ3n) is 11.3. The Hall–Kier alpha value is -8.12. The maximum atomic E-state index is 13.3. The fourth-order valence-corrected chi connectivity index (χ4v) is 7.84. The van der Waals surface area contributed by atoms with E-state index in [-0.39, 0.29) is 11.8 Å². The van der Waals surface area contributed by atoms with E-state index >= 15 is 0 Å². The quantitative estimate of drug-likeness (QED) is 0.0932. The number of aromatic nitrogens is 6. The Morgan fingerprint density at radius 2 is 1.15 bits per heavy atom. The van der Waals surface area contributed by atoms with Gasteiger partial charge in [-0.3, -0.25) is 9.59 Å². The van der Waals surface area contributed by atoms with E-state index in [4.69, 9.17) is 9.97 Å². The predicted octanol–water partition coefficient (Wildman–Crippen LogP) is 9.95. The van der Waals surface area contributed by atoms with Crippen molar-refractivity contribution in [3.63, 3.8) is 0 Å². The number of carbonyl (C=O) groups is 2. The van der Waals surface area contributed by atoms with Gasteiger partial charge in [-0.1, -0.05) is 24.3 Å². The van der Waals surface area contributed by atoms with E-state index < -0.39 is 0 Å². The number of nitrogens with one attached hydrogen (secondary N) is 5. The topological polar surface area (TPSA) is 143 Å². The van der Waals surface area contributed by atoms with Crippen LogP contribution >= 0.6 is 0 Å². The number of aromatic amines is 3. The van der Waals surface area contributed by atoms with Crippen LogP contribution in [0.2, 0.25) is 0 Å². The standard InChI is InChI=1S/C49H42N10O2/c1-57(2)37-15-9-30(10-16-37)48(60)51-36-14-20-41-44(27-36)56-47(54-41)34-8-6-32-23-39(59(4)45(32)25-34)28-58(3)38-17-11-31(12-18-38)49(61)52-35-13-19-40-43(26-35)55-46(53-40)33-7-5-29-21-22-50-42(29)24-33/h5-27,50H,28H2,1-4H3,(H,51,60)(H,52,61)(H,53,55)(H,54,56). The molecule has 12 heteroatoms. The molecule has 0 atom stereocenters. The van der Waals surface area contributed by atoms with Crippen molar-refractivity contribution >= 4 is 78.4 Å². The summed E-state index contributed by atoms with van der Waals surface area (Å²) in [6.07, 6.45) is 1.93. The number of amides is 2. The Bertz CT molecular complexity index is 3280. The molecule has 300 valence electrons. The van der Waals surface area contributed by atoms with Crippen molar-refractivity contribution in [2.45, 2.75) is 6.54 Å². The Morgan fingerprint density at radius 3 is 1.74 bits per heavy atom. The summed E-state index contributed by atoms with van der Waals surface area (Å²) in [4.78, 5) is 50.2. The van der Waals surface area contributed by atoms with Crippen molar-refractivity contribution in [3.8, 4) is 22.8 Å². The van der Waals surface area contributed by atoms with Crippen LogP contribution in [0.4, 0.5) is 22.7 Å². The Labute approximate surface area is 350 Å². The van der Waals surface area contributed by atoms with Gasteiger partial charge >= 0.3 is 0 Å². The van der Waals surface area contributed by atoms with Crippen LogP contribution in [-0.2, 0) is 13.6 Å². The van der Waals surface area contributed by atoms with Crippen molar-refractivity contribution in [1.82, 2.24) is 29.5 Å². The average molecular weight is 803 g/mol. The number of anilines is 4. The minimum absolute atomic E-state index is 0.173. The number of nitrogens with zero attached hydrogens (tertiary/aromatic N) is 5. The first-order valence-corrected chi connectivity index (χ1v) is 20.0. The molecule has 0 aliphatic rings. The normalized spacial score (nSPS) is 11.5. The highest BCUT2D eigenvalue weighted by Gasteiger charge is 2.15. The number of imidazole rings is 2. The summed E-state index contributed by atoms with van der Waals surface area (Å²) in [5.74, 6) is 1.16. The van der Waals surface area contributed by atoms with Crippen LogP contribution < -0.4 is 20.4 Å². The lowest BCUT2D eigenvalue weighted by atomic mass is 10.1. The molecule has 0 aliphatic heterocycles. The van der Waals surface area contributed by atoms with Crippen LogP contribution in [-0.4, -0.2) is 62.4 Å². The molecule has 10 rings (SSSR count). The second-order valence-corrected chi connectivity index (χ2v) is 15.6. The first kappa shape index (κ1) is 37.2. The van der Waals surface area contributed by atoms with Crippen molar-refractivity contribution in [1.29, 1.82) is 0 Å². The SMILES string of the molecule is CN(C)c1ccc(C(=O)Nc2ccc3[nH]c(-c4ccc5cc(CN(C)c6ccc(C(=O)Nc7ccc8[nH]c(-c9ccc%10cc[nH]c%10c9)nc8c7)cc6)n(C)c5c4)nc3c2)cc1. The fraction of sp³-hybridized carbons (Fsp3) is 0.102. The van der Waals surface area contributed by atoms with Gasteiger partial charge < -0.3 is 40.0 Å². The molecule has 0 unspecified atom stereocenters. The second-order valence-electron chi connectivity index (χ2n) is 15.6. The summed E-state index contributed by atoms with van der Waals surface area (Å²) in [6, 6.07) is 43.4. The van der Waals surface area contributed by atoms with E-state index in [1.807, 2.05) is 129 Å². The third-order valence-corrected chi connectivity index (χ3v) is 11.3. The summed E-state index contributed by atoms with van der Waals surface area (Å²) in [7, 11) is 8.06. The zero-order chi connectivity index (χ0) is 41.8. The van der Waals surface area contributed by atoms with E-state index in [0.29, 0.717) is 29.0 Å². The monoisotopic (exact) mass is 802 g/mol. The second kappa shape index (κ2) is 14.9. The number of H-pyrrole nitrogens is 3. The molecular formula is C49H42N10O2. The number of hydrogen-bond donors (Lipinski definition) is 5. The molecule has 0 aliphatic carbocycles. The first-order chi connectivity index (χ1) is 29.6. The molecular weight excluding hydrogens is 761 g/mol. The van der Waals surface area contributed by atoms with Crippen LogP contribution in [0.3, 0.4) is 0 Å². The summed E-state index contributed by atoms with van der Waals surface area (Å²) < 4.78 is 2.21. The lowest BCUT2D eigenvalue weighted by Crippen LogP contribution is -2.18. The summed E-state index contributed by atoms with van der Waals surface area (Å²) in [5, 5.41) is 8.32. The van der Waals surface area contributed by atoms with Gasteiger partial charge in [0, 0.05) is 96.1 Å². The minimum Gasteiger partial charge on any atom is -0.378 e. The van der Waals surface area contributed by atoms with E-state index in [2.05, 4.69) is 78.5 Å². The number of rotatable bonds is 10. The third kappa shape index (κ3) is 7.20. The van der Waals surface area contributed by atoms with Crippen LogP contribution in [0.15, 0.2) is 140 Å². The molecule has 0 bridgehead atoms. The molecule has 0 saturated heterocycles. The average Bonchev–Trinajstić information content (AvgIpc) is 4.08. The first-order valence-electron chi connectivity index (χ1n) is 20.0. The van der Waals surface area contributed by atoms with E-state index in [9.17, 15) is 9.59 Å². The molecule has 5 N–H and O–H groups in total. The fourth-order valence-electron chi connectivity index (χ4n) is 7.84. The smallest absolute Gasteiger partial charge is 0.255 e. The molecule has 0 spiro atoms. The lowest BCUT2D eigenvalue weighted by Gasteiger charge is -2.20. The van der Waals surface area contributed by atoms with Crippen LogP contribution in [0.25, 0.3) is 66.6 Å². The number of fused-ring (bicyclic) bond motifs is 4. The van der Waals surface area contributed by atoms with Gasteiger partial charge in [0.2, 0.25) is 0 Å². The van der Waals surface area contributed by atoms with E-state index in [1.54, 1.807) is 0 Å². The number of aryl methyl sites for hydroxylation is 1. The van der Waals surface area contributed by atoms with Gasteiger partial charge in [-0.25, -0.2) is 9.97 Å². The van der Waals surface area contributed by atoms with Gasteiger partial charge in [-0.15, -0.1) is 0 Å². The van der Waals surface area contributed by atoms with Gasteiger partial charge in [0.25, 0.3) is 11.8 Å². The molecule has 61 heavy (non-hydrogen) atoms. The molecule has 0 fully saturated rings. The van der Waals surface area contributed by atoms with E-state index in [0.717, 1.165) is 83.7 Å². The highest BCUT2D eigenvalue weighted by atomic mass is 16.2. The summed E-state index contributed by atoms with van der Waals surface area (Å²) >= 11 is 0. The Kier molecular flexibility index (Phi) is 9.09. The highest BCUT2D eigenvalue weighted by Crippen LogP contribution is 2.30. The molecule has 10 aromatic rings. The molecule has 0 saturated carbocycles. The van der Waals surface area contributed by atoms with Crippen molar-refractivity contribution in [2.24, 2.45) is 7.05 Å². The highest BCUT2D eigenvalue weighted by molar-refractivity contribution is 6.06. The van der Waals surface area contributed by atoms with Crippen molar-refractivity contribution in [2.75, 3.05) is 41.6 Å².